The van der Waals surface area contributed by atoms with Crippen LogP contribution < -0.4 is 10.6 Å². The van der Waals surface area contributed by atoms with Gasteiger partial charge in [0.1, 0.15) is 12.6 Å². The molecular weight excluding hydrogens is 329 g/mol. The topological polar surface area (TPSA) is 87.7 Å². The van der Waals surface area contributed by atoms with Crippen LogP contribution in [0.3, 0.4) is 0 Å². The van der Waals surface area contributed by atoms with Gasteiger partial charge in [0, 0.05) is 6.42 Å². The standard InChI is InChI=1S/C15H21F3N2O4/c16-15(17,18)8-19-13(22)6-10-3-4-11(12(7-21)24-10)20-14(23)5-9-1-2-9/h3-4,9-12,21H,1-2,5-8H2,(H,19,22)(H,20,23)/t10-,11+,12-/m0/s1. The van der Waals surface area contributed by atoms with E-state index >= 15 is 0 Å². The van der Waals surface area contributed by atoms with Crippen molar-refractivity contribution in [2.45, 2.75) is 50.1 Å². The number of hydrogen-bond donors (Lipinski definition) is 3. The summed E-state index contributed by atoms with van der Waals surface area (Å²) in [6.07, 6.45) is -0.587. The van der Waals surface area contributed by atoms with Gasteiger partial charge in [0.2, 0.25) is 11.8 Å². The molecule has 0 aromatic carbocycles. The first-order valence-electron chi connectivity index (χ1n) is 7.84. The smallest absolute Gasteiger partial charge is 0.394 e. The number of nitrogens with one attached hydrogen (secondary N) is 2. The van der Waals surface area contributed by atoms with E-state index in [2.05, 4.69) is 5.32 Å². The predicted octanol–water partition coefficient (Wildman–Crippen LogP) is 0.656. The summed E-state index contributed by atoms with van der Waals surface area (Å²) >= 11 is 0. The molecule has 9 heteroatoms. The molecule has 3 N–H and O–H groups in total. The minimum atomic E-state index is -4.47. The molecular formula is C15H21F3N2O4. The fourth-order valence-corrected chi connectivity index (χ4v) is 2.42. The number of aliphatic hydroxyl groups excluding tert-OH is 1. The van der Waals surface area contributed by atoms with Gasteiger partial charge >= 0.3 is 6.18 Å². The number of halogens is 3. The quantitative estimate of drug-likeness (QED) is 0.589. The van der Waals surface area contributed by atoms with Crippen LogP contribution in [0.5, 0.6) is 0 Å². The van der Waals surface area contributed by atoms with Crippen LogP contribution in [0.4, 0.5) is 13.2 Å². The molecule has 136 valence electrons. The Morgan fingerprint density at radius 1 is 1.17 bits per heavy atom. The van der Waals surface area contributed by atoms with Crippen LogP contribution >= 0.6 is 0 Å². The molecule has 1 saturated carbocycles. The minimum absolute atomic E-state index is 0.129. The SMILES string of the molecule is O=C(C[C@@H]1C=C[C@@H](NC(=O)CC2CC2)[C@H](CO)O1)NCC(F)(F)F. The molecule has 24 heavy (non-hydrogen) atoms. The van der Waals surface area contributed by atoms with Crippen LogP contribution in [0, 0.1) is 5.92 Å². The molecule has 1 heterocycles. The maximum Gasteiger partial charge on any atom is 0.405 e. The third kappa shape index (κ3) is 6.48. The molecule has 0 radical (unpaired) electrons. The van der Waals surface area contributed by atoms with Crippen LogP contribution in [0.15, 0.2) is 12.2 Å². The van der Waals surface area contributed by atoms with Crippen molar-refractivity contribution in [3.8, 4) is 0 Å². The lowest BCUT2D eigenvalue weighted by atomic mass is 10.0. The van der Waals surface area contributed by atoms with Crippen molar-refractivity contribution in [2.24, 2.45) is 5.92 Å². The predicted molar refractivity (Wildman–Crippen MR) is 77.8 cm³/mol. The molecule has 0 aromatic heterocycles. The van der Waals surface area contributed by atoms with Crippen molar-refractivity contribution in [1.82, 2.24) is 10.6 Å². The molecule has 2 aliphatic rings. The Labute approximate surface area is 137 Å². The van der Waals surface area contributed by atoms with Gasteiger partial charge in [-0.3, -0.25) is 9.59 Å². The average Bonchev–Trinajstić information content (AvgIpc) is 3.30. The van der Waals surface area contributed by atoms with E-state index in [9.17, 15) is 27.9 Å². The van der Waals surface area contributed by atoms with Gasteiger partial charge in [-0.25, -0.2) is 0 Å². The first kappa shape index (κ1) is 18.7. The second-order valence-corrected chi connectivity index (χ2v) is 6.12. The summed E-state index contributed by atoms with van der Waals surface area (Å²) in [5.41, 5.74) is 0. The van der Waals surface area contributed by atoms with E-state index in [0.717, 1.165) is 12.8 Å². The normalized spacial score (nSPS) is 26.9. The van der Waals surface area contributed by atoms with Gasteiger partial charge < -0.3 is 20.5 Å². The van der Waals surface area contributed by atoms with Gasteiger partial charge in [-0.15, -0.1) is 0 Å². The highest BCUT2D eigenvalue weighted by Gasteiger charge is 2.32. The van der Waals surface area contributed by atoms with Crippen molar-refractivity contribution in [3.63, 3.8) is 0 Å². The lowest BCUT2D eigenvalue weighted by molar-refractivity contribution is -0.140. The third-order valence-electron chi connectivity index (χ3n) is 3.83. The van der Waals surface area contributed by atoms with E-state index in [1.165, 1.54) is 6.08 Å². The van der Waals surface area contributed by atoms with E-state index in [4.69, 9.17) is 4.74 Å². The molecule has 3 atom stereocenters. The zero-order chi connectivity index (χ0) is 17.7. The second-order valence-electron chi connectivity index (χ2n) is 6.12. The largest absolute Gasteiger partial charge is 0.405 e. The average molecular weight is 350 g/mol. The number of rotatable bonds is 7. The van der Waals surface area contributed by atoms with Crippen LogP contribution in [0.1, 0.15) is 25.7 Å². The number of alkyl halides is 3. The fraction of sp³-hybridized carbons (Fsp3) is 0.733. The van der Waals surface area contributed by atoms with E-state index in [-0.39, 0.29) is 18.9 Å². The van der Waals surface area contributed by atoms with Gasteiger partial charge in [0.15, 0.2) is 0 Å². The zero-order valence-electron chi connectivity index (χ0n) is 13.0. The molecule has 0 aromatic rings. The van der Waals surface area contributed by atoms with Crippen molar-refractivity contribution in [3.05, 3.63) is 12.2 Å². The summed E-state index contributed by atoms with van der Waals surface area (Å²) in [7, 11) is 0. The molecule has 1 aliphatic heterocycles. The maximum absolute atomic E-state index is 12.0. The van der Waals surface area contributed by atoms with Gasteiger partial charge in [-0.1, -0.05) is 12.2 Å². The number of aliphatic hydroxyl groups is 1. The van der Waals surface area contributed by atoms with E-state index in [1.807, 2.05) is 0 Å². The van der Waals surface area contributed by atoms with Gasteiger partial charge in [-0.2, -0.15) is 13.2 Å². The number of amides is 2. The number of carbonyl (C=O) groups excluding carboxylic acids is 2. The van der Waals surface area contributed by atoms with Crippen LogP contribution in [-0.2, 0) is 14.3 Å². The summed E-state index contributed by atoms with van der Waals surface area (Å²) in [4.78, 5) is 23.3. The van der Waals surface area contributed by atoms with Gasteiger partial charge in [-0.05, 0) is 18.8 Å². The highest BCUT2D eigenvalue weighted by atomic mass is 19.4. The molecule has 0 spiro atoms. The Morgan fingerprint density at radius 2 is 1.88 bits per heavy atom. The van der Waals surface area contributed by atoms with Gasteiger partial charge in [0.25, 0.3) is 0 Å². The molecule has 0 bridgehead atoms. The summed E-state index contributed by atoms with van der Waals surface area (Å²) in [6.45, 7) is -1.77. The van der Waals surface area contributed by atoms with Crippen LogP contribution in [-0.4, -0.2) is 54.5 Å². The highest BCUT2D eigenvalue weighted by molar-refractivity contribution is 5.77. The van der Waals surface area contributed by atoms with E-state index < -0.39 is 36.9 Å². The number of carbonyl (C=O) groups is 2. The lowest BCUT2D eigenvalue weighted by Crippen LogP contribution is -2.49. The van der Waals surface area contributed by atoms with E-state index in [0.29, 0.717) is 12.3 Å². The van der Waals surface area contributed by atoms with Crippen molar-refractivity contribution < 1.29 is 32.6 Å². The minimum Gasteiger partial charge on any atom is -0.394 e. The third-order valence-corrected chi connectivity index (χ3v) is 3.83. The summed E-state index contributed by atoms with van der Waals surface area (Å²) in [5, 5.41) is 13.9. The maximum atomic E-state index is 12.0. The molecule has 2 rings (SSSR count). The van der Waals surface area contributed by atoms with Crippen LogP contribution in [0.2, 0.25) is 0 Å². The molecule has 6 nitrogen and oxygen atoms in total. The number of hydrogen-bond acceptors (Lipinski definition) is 4. The van der Waals surface area contributed by atoms with Crippen molar-refractivity contribution in [1.29, 1.82) is 0 Å². The first-order chi connectivity index (χ1) is 11.3. The summed E-state index contributed by atoms with van der Waals surface area (Å²) in [6, 6.07) is -0.518. The molecule has 1 aliphatic carbocycles. The van der Waals surface area contributed by atoms with Crippen molar-refractivity contribution in [2.75, 3.05) is 13.2 Å². The molecule has 2 amide bonds. The monoisotopic (exact) mass is 350 g/mol. The summed E-state index contributed by atoms with van der Waals surface area (Å²) in [5.74, 6) is -0.499. The summed E-state index contributed by atoms with van der Waals surface area (Å²) < 4.78 is 41.6. The van der Waals surface area contributed by atoms with Crippen LogP contribution in [0.25, 0.3) is 0 Å². The van der Waals surface area contributed by atoms with Crippen molar-refractivity contribution >= 4 is 11.8 Å². The Hall–Kier alpha value is -1.61. The lowest BCUT2D eigenvalue weighted by Gasteiger charge is -2.31. The zero-order valence-corrected chi connectivity index (χ0v) is 13.0. The molecule has 0 saturated heterocycles. The Balaban J connectivity index is 1.80. The second kappa shape index (κ2) is 7.98. The highest BCUT2D eigenvalue weighted by Crippen LogP contribution is 2.32. The number of ether oxygens (including phenoxy) is 1. The fourth-order valence-electron chi connectivity index (χ4n) is 2.42. The molecule has 0 unspecified atom stereocenters. The molecule has 1 fully saturated rings. The Kier molecular flexibility index (Phi) is 6.22. The first-order valence-corrected chi connectivity index (χ1v) is 7.84. The van der Waals surface area contributed by atoms with E-state index in [1.54, 1.807) is 11.4 Å². The Morgan fingerprint density at radius 3 is 2.46 bits per heavy atom. The van der Waals surface area contributed by atoms with Gasteiger partial charge in [0.05, 0.1) is 25.2 Å². The Bertz CT molecular complexity index is 492.